The maximum atomic E-state index is 14.4. The molecule has 2 nitrogen and oxygen atoms in total. The number of hydrogen-bond donors (Lipinski definition) is 1. The van der Waals surface area contributed by atoms with E-state index < -0.39 is 22.7 Å². The zero-order valence-corrected chi connectivity index (χ0v) is 12.9. The average Bonchev–Trinajstić information content (AvgIpc) is 2.64. The van der Waals surface area contributed by atoms with Crippen LogP contribution in [0.1, 0.15) is 37.8 Å². The standard InChI is InChI=1S/C17H23F2NO/c1-16(2)10-12-13(18)4-5-14(19)15(12)17(16,21)11-6-8-20(3)9-7-11/h4-5,11,21H,6-10H2,1-3H3. The molecule has 0 radical (unpaired) electrons. The number of benzene rings is 1. The molecule has 1 fully saturated rings. The molecule has 2 aliphatic rings. The van der Waals surface area contributed by atoms with E-state index in [1.807, 2.05) is 20.9 Å². The Kier molecular flexibility index (Phi) is 3.37. The van der Waals surface area contributed by atoms with Crippen molar-refractivity contribution in [2.24, 2.45) is 11.3 Å². The molecule has 1 atom stereocenters. The van der Waals surface area contributed by atoms with Crippen LogP contribution in [0, 0.1) is 23.0 Å². The van der Waals surface area contributed by atoms with Gasteiger partial charge in [-0.3, -0.25) is 0 Å². The summed E-state index contributed by atoms with van der Waals surface area (Å²) in [5.41, 5.74) is -1.27. The summed E-state index contributed by atoms with van der Waals surface area (Å²) in [5.74, 6) is -0.900. The number of nitrogens with zero attached hydrogens (tertiary/aromatic N) is 1. The summed E-state index contributed by atoms with van der Waals surface area (Å²) in [5, 5.41) is 11.5. The Hall–Kier alpha value is -1.00. The van der Waals surface area contributed by atoms with Gasteiger partial charge in [0.25, 0.3) is 0 Å². The normalized spacial score (nSPS) is 29.6. The SMILES string of the molecule is CN1CCC(C2(O)c3c(F)ccc(F)c3CC2(C)C)CC1. The van der Waals surface area contributed by atoms with Gasteiger partial charge in [0, 0.05) is 11.0 Å². The molecule has 3 rings (SSSR count). The third-order valence-corrected chi connectivity index (χ3v) is 5.55. The number of rotatable bonds is 1. The van der Waals surface area contributed by atoms with Gasteiger partial charge >= 0.3 is 0 Å². The van der Waals surface area contributed by atoms with Crippen LogP contribution in [-0.4, -0.2) is 30.1 Å². The molecule has 1 aromatic carbocycles. The van der Waals surface area contributed by atoms with Crippen molar-refractivity contribution < 1.29 is 13.9 Å². The van der Waals surface area contributed by atoms with E-state index in [4.69, 9.17) is 0 Å². The maximum Gasteiger partial charge on any atom is 0.129 e. The lowest BCUT2D eigenvalue weighted by atomic mass is 9.65. The van der Waals surface area contributed by atoms with Crippen molar-refractivity contribution in [1.29, 1.82) is 0 Å². The van der Waals surface area contributed by atoms with Crippen LogP contribution in [0.25, 0.3) is 0 Å². The predicted molar refractivity (Wildman–Crippen MR) is 78.0 cm³/mol. The van der Waals surface area contributed by atoms with Crippen LogP contribution in [0.4, 0.5) is 8.78 Å². The van der Waals surface area contributed by atoms with E-state index in [-0.39, 0.29) is 11.5 Å². The number of halogens is 2. The molecule has 1 aromatic rings. The summed E-state index contributed by atoms with van der Waals surface area (Å²) in [6, 6.07) is 2.32. The van der Waals surface area contributed by atoms with Gasteiger partial charge in [-0.05, 0) is 63.0 Å². The minimum atomic E-state index is -1.28. The van der Waals surface area contributed by atoms with Crippen molar-refractivity contribution in [3.8, 4) is 0 Å². The van der Waals surface area contributed by atoms with Crippen LogP contribution >= 0.6 is 0 Å². The van der Waals surface area contributed by atoms with Crippen LogP contribution in [0.15, 0.2) is 12.1 Å². The topological polar surface area (TPSA) is 23.5 Å². The molecule has 1 N–H and O–H groups in total. The highest BCUT2D eigenvalue weighted by atomic mass is 19.1. The second kappa shape index (κ2) is 4.75. The van der Waals surface area contributed by atoms with Crippen LogP contribution in [0.2, 0.25) is 0 Å². The summed E-state index contributed by atoms with van der Waals surface area (Å²) in [6.45, 7) is 5.61. The molecule has 1 aliphatic carbocycles. The number of fused-ring (bicyclic) bond motifs is 1. The van der Waals surface area contributed by atoms with E-state index in [2.05, 4.69) is 4.90 Å². The lowest BCUT2D eigenvalue weighted by Crippen LogP contribution is -2.49. The Morgan fingerprint density at radius 1 is 1.14 bits per heavy atom. The molecule has 0 spiro atoms. The molecule has 116 valence electrons. The van der Waals surface area contributed by atoms with Crippen LogP contribution in [0.3, 0.4) is 0 Å². The van der Waals surface area contributed by atoms with E-state index in [1.54, 1.807) is 0 Å². The largest absolute Gasteiger partial charge is 0.384 e. The molecule has 1 saturated heterocycles. The maximum absolute atomic E-state index is 14.4. The van der Waals surface area contributed by atoms with Gasteiger partial charge in [0.15, 0.2) is 0 Å². The first-order valence-electron chi connectivity index (χ1n) is 7.65. The molecule has 1 aliphatic heterocycles. The Bertz CT molecular complexity index is 564. The van der Waals surface area contributed by atoms with E-state index in [0.717, 1.165) is 32.0 Å². The van der Waals surface area contributed by atoms with Crippen molar-refractivity contribution in [3.63, 3.8) is 0 Å². The van der Waals surface area contributed by atoms with E-state index in [0.29, 0.717) is 12.0 Å². The van der Waals surface area contributed by atoms with Gasteiger partial charge in [0.05, 0.1) is 0 Å². The Balaban J connectivity index is 2.11. The lowest BCUT2D eigenvalue weighted by molar-refractivity contribution is -0.123. The fourth-order valence-corrected chi connectivity index (χ4v) is 4.28. The minimum Gasteiger partial charge on any atom is -0.384 e. The van der Waals surface area contributed by atoms with Gasteiger partial charge in [0.1, 0.15) is 17.2 Å². The highest BCUT2D eigenvalue weighted by Crippen LogP contribution is 2.57. The third-order valence-electron chi connectivity index (χ3n) is 5.55. The number of aliphatic hydroxyl groups is 1. The molecule has 0 saturated carbocycles. The molecule has 0 aromatic heterocycles. The fraction of sp³-hybridized carbons (Fsp3) is 0.647. The summed E-state index contributed by atoms with van der Waals surface area (Å²) >= 11 is 0. The minimum absolute atomic E-state index is 0.0266. The molecular formula is C17H23F2NO. The fourth-order valence-electron chi connectivity index (χ4n) is 4.28. The van der Waals surface area contributed by atoms with Gasteiger partial charge in [-0.25, -0.2) is 8.78 Å². The van der Waals surface area contributed by atoms with Gasteiger partial charge in [0.2, 0.25) is 0 Å². The number of hydrogen-bond acceptors (Lipinski definition) is 2. The highest BCUT2D eigenvalue weighted by molar-refractivity contribution is 5.43. The third kappa shape index (κ3) is 2.03. The first-order valence-corrected chi connectivity index (χ1v) is 7.65. The quantitative estimate of drug-likeness (QED) is 0.860. The van der Waals surface area contributed by atoms with Crippen molar-refractivity contribution in [3.05, 3.63) is 34.9 Å². The van der Waals surface area contributed by atoms with Gasteiger partial charge in [-0.1, -0.05) is 13.8 Å². The van der Waals surface area contributed by atoms with Gasteiger partial charge < -0.3 is 10.0 Å². The second-order valence-electron chi connectivity index (χ2n) is 7.29. The van der Waals surface area contributed by atoms with Crippen molar-refractivity contribution in [2.45, 2.75) is 38.7 Å². The predicted octanol–water partition coefficient (Wildman–Crippen LogP) is 3.08. The van der Waals surface area contributed by atoms with Gasteiger partial charge in [-0.2, -0.15) is 0 Å². The van der Waals surface area contributed by atoms with Crippen LogP contribution in [0.5, 0.6) is 0 Å². The lowest BCUT2D eigenvalue weighted by Gasteiger charge is -2.46. The number of piperidine rings is 1. The molecule has 0 amide bonds. The zero-order chi connectivity index (χ0) is 15.4. The molecule has 21 heavy (non-hydrogen) atoms. The number of likely N-dealkylation sites (tertiary alicyclic amines) is 1. The summed E-state index contributed by atoms with van der Waals surface area (Å²) in [7, 11) is 2.05. The Labute approximate surface area is 124 Å². The Morgan fingerprint density at radius 3 is 2.33 bits per heavy atom. The first kappa shape index (κ1) is 14.9. The van der Waals surface area contributed by atoms with E-state index in [1.165, 1.54) is 6.07 Å². The average molecular weight is 295 g/mol. The molecule has 1 unspecified atom stereocenters. The molecular weight excluding hydrogens is 272 g/mol. The summed E-state index contributed by atoms with van der Waals surface area (Å²) in [4.78, 5) is 2.21. The van der Waals surface area contributed by atoms with Crippen LogP contribution in [-0.2, 0) is 12.0 Å². The highest BCUT2D eigenvalue weighted by Gasteiger charge is 2.57. The van der Waals surface area contributed by atoms with E-state index >= 15 is 0 Å². The summed E-state index contributed by atoms with van der Waals surface area (Å²) in [6.07, 6.45) is 2.01. The molecule has 0 bridgehead atoms. The molecule has 4 heteroatoms. The zero-order valence-electron chi connectivity index (χ0n) is 12.9. The van der Waals surface area contributed by atoms with E-state index in [9.17, 15) is 13.9 Å². The van der Waals surface area contributed by atoms with Crippen molar-refractivity contribution in [2.75, 3.05) is 20.1 Å². The molecule has 1 heterocycles. The monoisotopic (exact) mass is 295 g/mol. The van der Waals surface area contributed by atoms with Crippen molar-refractivity contribution in [1.82, 2.24) is 4.90 Å². The Morgan fingerprint density at radius 2 is 1.71 bits per heavy atom. The summed E-state index contributed by atoms with van der Waals surface area (Å²) < 4.78 is 28.5. The first-order chi connectivity index (χ1) is 9.77. The van der Waals surface area contributed by atoms with Gasteiger partial charge in [-0.15, -0.1) is 0 Å². The van der Waals surface area contributed by atoms with Crippen LogP contribution < -0.4 is 0 Å². The van der Waals surface area contributed by atoms with Crippen molar-refractivity contribution >= 4 is 0 Å². The smallest absolute Gasteiger partial charge is 0.129 e. The second-order valence-corrected chi connectivity index (χ2v) is 7.29.